The number of pyridine rings is 1. The predicted octanol–water partition coefficient (Wildman–Crippen LogP) is 5.91. The first-order valence-electron chi connectivity index (χ1n) is 7.09. The molecular weight excluding hydrogens is 324 g/mol. The molecule has 0 fully saturated rings. The highest BCUT2D eigenvalue weighted by atomic mass is 35.5. The Labute approximate surface area is 145 Å². The Bertz CT molecular complexity index is 949. The van der Waals surface area contributed by atoms with Crippen LogP contribution in [0.5, 0.6) is 0 Å². The van der Waals surface area contributed by atoms with Crippen molar-refractivity contribution in [2.24, 2.45) is 0 Å². The molecular formula is C19H13ClN2S. The maximum atomic E-state index is 9.46. The number of H-pyrrole nitrogens is 1. The molecule has 1 aromatic heterocycles. The average Bonchev–Trinajstić information content (AvgIpc) is 2.55. The van der Waals surface area contributed by atoms with Gasteiger partial charge in [-0.15, -0.1) is 0 Å². The number of hydrogen-bond acceptors (Lipinski definition) is 2. The number of benzene rings is 2. The Morgan fingerprint density at radius 2 is 1.61 bits per heavy atom. The number of nitrogens with zero attached hydrogens (tertiary/aromatic N) is 1. The van der Waals surface area contributed by atoms with E-state index in [2.05, 4.69) is 11.1 Å². The van der Waals surface area contributed by atoms with E-state index < -0.39 is 0 Å². The summed E-state index contributed by atoms with van der Waals surface area (Å²) in [5.74, 6) is 0. The third kappa shape index (κ3) is 3.19. The summed E-state index contributed by atoms with van der Waals surface area (Å²) in [7, 11) is 0. The van der Waals surface area contributed by atoms with Crippen molar-refractivity contribution in [3.8, 4) is 28.5 Å². The molecule has 2 nitrogen and oxygen atoms in total. The first-order chi connectivity index (χ1) is 11.1. The van der Waals surface area contributed by atoms with E-state index in [1.54, 1.807) is 0 Å². The monoisotopic (exact) mass is 336 g/mol. The number of aromatic amines is 1. The lowest BCUT2D eigenvalue weighted by Gasteiger charge is -2.09. The van der Waals surface area contributed by atoms with Gasteiger partial charge in [-0.05, 0) is 36.2 Å². The maximum Gasteiger partial charge on any atom is 0.122 e. The average molecular weight is 337 g/mol. The van der Waals surface area contributed by atoms with Crippen LogP contribution in [0.25, 0.3) is 22.4 Å². The normalized spacial score (nSPS) is 10.3. The Balaban J connectivity index is 2.22. The van der Waals surface area contributed by atoms with Crippen molar-refractivity contribution in [1.82, 2.24) is 4.98 Å². The van der Waals surface area contributed by atoms with Gasteiger partial charge < -0.3 is 4.98 Å². The van der Waals surface area contributed by atoms with Gasteiger partial charge in [0.15, 0.2) is 0 Å². The molecule has 0 saturated heterocycles. The summed E-state index contributed by atoms with van der Waals surface area (Å²) in [6.07, 6.45) is 0. The fraction of sp³-hybridized carbons (Fsp3) is 0.0526. The molecule has 1 heterocycles. The number of nitrogens with one attached hydrogen (secondary N) is 1. The van der Waals surface area contributed by atoms with Crippen molar-refractivity contribution in [3.05, 3.63) is 75.4 Å². The summed E-state index contributed by atoms with van der Waals surface area (Å²) < 4.78 is 0.440. The number of aryl methyl sites for hydroxylation is 1. The first kappa shape index (κ1) is 15.5. The van der Waals surface area contributed by atoms with Crippen molar-refractivity contribution in [1.29, 1.82) is 5.26 Å². The zero-order valence-electron chi connectivity index (χ0n) is 12.4. The molecule has 0 aliphatic rings. The Morgan fingerprint density at radius 1 is 1.00 bits per heavy atom. The van der Waals surface area contributed by atoms with Crippen LogP contribution in [0.15, 0.2) is 54.6 Å². The largest absolute Gasteiger partial charge is 0.345 e. The summed E-state index contributed by atoms with van der Waals surface area (Å²) in [6.45, 7) is 2.03. The van der Waals surface area contributed by atoms with Gasteiger partial charge >= 0.3 is 0 Å². The fourth-order valence-electron chi connectivity index (χ4n) is 2.42. The van der Waals surface area contributed by atoms with E-state index in [4.69, 9.17) is 23.8 Å². The second-order valence-electron chi connectivity index (χ2n) is 5.29. The standard InChI is InChI=1S/C19H13ClN2S/c1-12-2-4-13(5-3-12)16-10-18(22-19(23)17(16)11-21)14-6-8-15(20)9-7-14/h2-10H,1H3,(H,22,23). The number of halogens is 1. The molecule has 0 bridgehead atoms. The van der Waals surface area contributed by atoms with Crippen molar-refractivity contribution < 1.29 is 0 Å². The van der Waals surface area contributed by atoms with Gasteiger partial charge in [-0.25, -0.2) is 0 Å². The molecule has 0 saturated carbocycles. The minimum Gasteiger partial charge on any atom is -0.345 e. The van der Waals surface area contributed by atoms with Crippen LogP contribution in [0.1, 0.15) is 11.1 Å². The van der Waals surface area contributed by atoms with Crippen LogP contribution in [0.3, 0.4) is 0 Å². The predicted molar refractivity (Wildman–Crippen MR) is 97.0 cm³/mol. The number of nitriles is 1. The van der Waals surface area contributed by atoms with Gasteiger partial charge in [-0.3, -0.25) is 0 Å². The third-order valence-corrected chi connectivity index (χ3v) is 4.22. The molecule has 0 aliphatic heterocycles. The number of aromatic nitrogens is 1. The van der Waals surface area contributed by atoms with Crippen LogP contribution in [0, 0.1) is 22.9 Å². The SMILES string of the molecule is Cc1ccc(-c2cc(-c3ccc(Cl)cc3)[nH]c(=S)c2C#N)cc1. The van der Waals surface area contributed by atoms with Crippen molar-refractivity contribution in [2.75, 3.05) is 0 Å². The van der Waals surface area contributed by atoms with Crippen LogP contribution in [-0.4, -0.2) is 4.98 Å². The van der Waals surface area contributed by atoms with Gasteiger partial charge in [0.25, 0.3) is 0 Å². The Morgan fingerprint density at radius 3 is 2.22 bits per heavy atom. The number of rotatable bonds is 2. The highest BCUT2D eigenvalue weighted by Crippen LogP contribution is 2.29. The molecule has 1 N–H and O–H groups in total. The Kier molecular flexibility index (Phi) is 4.29. The summed E-state index contributed by atoms with van der Waals surface area (Å²) in [5.41, 5.74) is 5.30. The zero-order valence-corrected chi connectivity index (χ0v) is 14.0. The summed E-state index contributed by atoms with van der Waals surface area (Å²) in [6, 6.07) is 19.7. The molecule has 0 aliphatic carbocycles. The van der Waals surface area contributed by atoms with E-state index in [1.807, 2.05) is 61.5 Å². The highest BCUT2D eigenvalue weighted by Gasteiger charge is 2.10. The van der Waals surface area contributed by atoms with Crippen molar-refractivity contribution >= 4 is 23.8 Å². The fourth-order valence-corrected chi connectivity index (χ4v) is 2.81. The summed E-state index contributed by atoms with van der Waals surface area (Å²) in [5, 5.41) is 10.1. The van der Waals surface area contributed by atoms with Crippen LogP contribution in [0.2, 0.25) is 5.02 Å². The lowest BCUT2D eigenvalue weighted by Crippen LogP contribution is -1.93. The molecule has 0 amide bonds. The van der Waals surface area contributed by atoms with Gasteiger partial charge in [0.05, 0.1) is 5.56 Å². The smallest absolute Gasteiger partial charge is 0.122 e. The highest BCUT2D eigenvalue weighted by molar-refractivity contribution is 7.71. The molecule has 0 radical (unpaired) electrons. The van der Waals surface area contributed by atoms with E-state index in [-0.39, 0.29) is 0 Å². The van der Waals surface area contributed by atoms with Crippen molar-refractivity contribution in [2.45, 2.75) is 6.92 Å². The van der Waals surface area contributed by atoms with Crippen molar-refractivity contribution in [3.63, 3.8) is 0 Å². The van der Waals surface area contributed by atoms with Gasteiger partial charge in [-0.1, -0.05) is 65.8 Å². The molecule has 3 aromatic rings. The summed E-state index contributed by atoms with van der Waals surface area (Å²) >= 11 is 11.3. The van der Waals surface area contributed by atoms with Crippen LogP contribution >= 0.6 is 23.8 Å². The molecule has 112 valence electrons. The van der Waals surface area contributed by atoms with Crippen LogP contribution < -0.4 is 0 Å². The van der Waals surface area contributed by atoms with E-state index in [0.29, 0.717) is 15.2 Å². The first-order valence-corrected chi connectivity index (χ1v) is 7.87. The van der Waals surface area contributed by atoms with Gasteiger partial charge in [0.1, 0.15) is 10.7 Å². The lowest BCUT2D eigenvalue weighted by molar-refractivity contribution is 1.27. The molecule has 2 aromatic carbocycles. The quantitative estimate of drug-likeness (QED) is 0.591. The second kappa shape index (κ2) is 6.37. The minimum atomic E-state index is 0.440. The van der Waals surface area contributed by atoms with Gasteiger partial charge in [0, 0.05) is 16.3 Å². The van der Waals surface area contributed by atoms with E-state index in [0.717, 1.165) is 22.4 Å². The van der Waals surface area contributed by atoms with Crippen LogP contribution in [0.4, 0.5) is 0 Å². The maximum absolute atomic E-state index is 9.46. The number of hydrogen-bond donors (Lipinski definition) is 1. The molecule has 0 unspecified atom stereocenters. The second-order valence-corrected chi connectivity index (χ2v) is 6.13. The summed E-state index contributed by atoms with van der Waals surface area (Å²) in [4.78, 5) is 3.13. The van der Waals surface area contributed by atoms with E-state index >= 15 is 0 Å². The van der Waals surface area contributed by atoms with Gasteiger partial charge in [0.2, 0.25) is 0 Å². The molecule has 0 atom stereocenters. The van der Waals surface area contributed by atoms with E-state index in [9.17, 15) is 5.26 Å². The zero-order chi connectivity index (χ0) is 16.4. The van der Waals surface area contributed by atoms with Crippen LogP contribution in [-0.2, 0) is 0 Å². The third-order valence-electron chi connectivity index (χ3n) is 3.66. The van der Waals surface area contributed by atoms with E-state index in [1.165, 1.54) is 5.56 Å². The molecule has 0 spiro atoms. The topological polar surface area (TPSA) is 39.6 Å². The Hall–Kier alpha value is -2.41. The minimum absolute atomic E-state index is 0.440. The molecule has 3 rings (SSSR count). The van der Waals surface area contributed by atoms with Gasteiger partial charge in [-0.2, -0.15) is 5.26 Å². The molecule has 23 heavy (non-hydrogen) atoms. The lowest BCUT2D eigenvalue weighted by atomic mass is 9.98. The molecule has 4 heteroatoms.